The second-order valence-corrected chi connectivity index (χ2v) is 7.52. The van der Waals surface area contributed by atoms with Crippen molar-refractivity contribution in [2.75, 3.05) is 0 Å². The van der Waals surface area contributed by atoms with Crippen LogP contribution in [0, 0.1) is 5.82 Å². The number of nitrogens with zero attached hydrogens (tertiary/aromatic N) is 1. The number of aromatic amines is 1. The van der Waals surface area contributed by atoms with Gasteiger partial charge in [-0.15, -0.1) is 0 Å². The maximum atomic E-state index is 14.4. The molecule has 3 aromatic rings. The Morgan fingerprint density at radius 3 is 2.63 bits per heavy atom. The fourth-order valence-electron chi connectivity index (χ4n) is 3.73. The van der Waals surface area contributed by atoms with E-state index in [-0.39, 0.29) is 24.1 Å². The van der Waals surface area contributed by atoms with Gasteiger partial charge in [0, 0.05) is 29.9 Å². The van der Waals surface area contributed by atoms with E-state index >= 15 is 0 Å². The summed E-state index contributed by atoms with van der Waals surface area (Å²) in [5, 5.41) is 12.3. The van der Waals surface area contributed by atoms with Crippen LogP contribution >= 0.6 is 0 Å². The van der Waals surface area contributed by atoms with E-state index in [9.17, 15) is 14.0 Å². The van der Waals surface area contributed by atoms with Crippen LogP contribution in [0.5, 0.6) is 0 Å². The summed E-state index contributed by atoms with van der Waals surface area (Å²) in [6, 6.07) is 11.8. The van der Waals surface area contributed by atoms with Gasteiger partial charge >= 0.3 is 0 Å². The van der Waals surface area contributed by atoms with E-state index in [4.69, 9.17) is 0 Å². The third-order valence-electron chi connectivity index (χ3n) is 5.38. The quantitative estimate of drug-likeness (QED) is 0.582. The number of hydrogen-bond acceptors (Lipinski definition) is 3. The van der Waals surface area contributed by atoms with Crippen molar-refractivity contribution in [3.63, 3.8) is 0 Å². The molecule has 3 N–H and O–H groups in total. The molecule has 154 valence electrons. The Balaban J connectivity index is 1.38. The zero-order valence-electron chi connectivity index (χ0n) is 16.5. The van der Waals surface area contributed by atoms with Gasteiger partial charge in [0.25, 0.3) is 11.8 Å². The number of benzene rings is 2. The second kappa shape index (κ2) is 8.90. The van der Waals surface area contributed by atoms with Gasteiger partial charge in [0.2, 0.25) is 0 Å². The van der Waals surface area contributed by atoms with Crippen LogP contribution in [0.3, 0.4) is 0 Å². The van der Waals surface area contributed by atoms with Crippen LogP contribution in [0.2, 0.25) is 0 Å². The molecule has 1 aromatic heterocycles. The number of hydrogen-bond donors (Lipinski definition) is 3. The lowest BCUT2D eigenvalue weighted by molar-refractivity contribution is 0.0934. The molecule has 30 heavy (non-hydrogen) atoms. The minimum atomic E-state index is -0.601. The second-order valence-electron chi connectivity index (χ2n) is 7.52. The Kier molecular flexibility index (Phi) is 5.88. The molecule has 2 aromatic carbocycles. The van der Waals surface area contributed by atoms with Gasteiger partial charge in [-0.25, -0.2) is 4.39 Å². The van der Waals surface area contributed by atoms with Crippen LogP contribution in [0.15, 0.2) is 54.9 Å². The molecule has 1 saturated carbocycles. The SMILES string of the molecule is O=C(NC1CCCC1)c1cccc(CNC(=O)c2ccc(-c3cn[nH]c3)cc2F)c1. The Hall–Kier alpha value is -3.48. The number of nitrogens with one attached hydrogen (secondary N) is 3. The van der Waals surface area contributed by atoms with Crippen molar-refractivity contribution < 1.29 is 14.0 Å². The largest absolute Gasteiger partial charge is 0.349 e. The van der Waals surface area contributed by atoms with Gasteiger partial charge in [0.05, 0.1) is 11.8 Å². The molecule has 0 saturated heterocycles. The molecule has 4 rings (SSSR count). The predicted octanol–water partition coefficient (Wildman–Crippen LogP) is 3.82. The molecule has 6 nitrogen and oxygen atoms in total. The molecule has 7 heteroatoms. The van der Waals surface area contributed by atoms with Gasteiger partial charge in [-0.3, -0.25) is 14.7 Å². The van der Waals surface area contributed by atoms with E-state index in [0.717, 1.165) is 36.8 Å². The molecule has 1 fully saturated rings. The average molecular weight is 406 g/mol. The monoisotopic (exact) mass is 406 g/mol. The van der Waals surface area contributed by atoms with E-state index in [0.29, 0.717) is 11.1 Å². The summed E-state index contributed by atoms with van der Waals surface area (Å²) >= 11 is 0. The molecule has 0 bridgehead atoms. The van der Waals surface area contributed by atoms with Crippen molar-refractivity contribution in [1.82, 2.24) is 20.8 Å². The van der Waals surface area contributed by atoms with E-state index in [1.807, 2.05) is 6.07 Å². The minimum Gasteiger partial charge on any atom is -0.349 e. The van der Waals surface area contributed by atoms with Gasteiger partial charge in [-0.1, -0.05) is 31.0 Å². The Labute approximate surface area is 173 Å². The van der Waals surface area contributed by atoms with Crippen molar-refractivity contribution >= 4 is 11.8 Å². The summed E-state index contributed by atoms with van der Waals surface area (Å²) in [4.78, 5) is 24.9. The van der Waals surface area contributed by atoms with Crippen LogP contribution in [-0.2, 0) is 6.54 Å². The lowest BCUT2D eigenvalue weighted by atomic mass is 10.1. The molecule has 1 aliphatic rings. The maximum absolute atomic E-state index is 14.4. The van der Waals surface area contributed by atoms with Crippen molar-refractivity contribution in [3.05, 3.63) is 77.4 Å². The lowest BCUT2D eigenvalue weighted by Crippen LogP contribution is -2.32. The summed E-state index contributed by atoms with van der Waals surface area (Å²) in [7, 11) is 0. The third kappa shape index (κ3) is 4.56. The van der Waals surface area contributed by atoms with Gasteiger partial charge in [0.15, 0.2) is 0 Å². The smallest absolute Gasteiger partial charge is 0.254 e. The summed E-state index contributed by atoms with van der Waals surface area (Å²) in [5.74, 6) is -1.21. The van der Waals surface area contributed by atoms with E-state index in [1.54, 1.807) is 36.7 Å². The molecule has 2 amide bonds. The molecular formula is C23H23FN4O2. The molecule has 0 radical (unpaired) electrons. The number of H-pyrrole nitrogens is 1. The first-order valence-electron chi connectivity index (χ1n) is 10.1. The Morgan fingerprint density at radius 1 is 1.07 bits per heavy atom. The zero-order chi connectivity index (χ0) is 20.9. The third-order valence-corrected chi connectivity index (χ3v) is 5.38. The maximum Gasteiger partial charge on any atom is 0.254 e. The molecule has 0 atom stereocenters. The topological polar surface area (TPSA) is 86.9 Å². The zero-order valence-corrected chi connectivity index (χ0v) is 16.5. The van der Waals surface area contributed by atoms with Crippen molar-refractivity contribution in [2.45, 2.75) is 38.3 Å². The van der Waals surface area contributed by atoms with E-state index < -0.39 is 11.7 Å². The van der Waals surface area contributed by atoms with Crippen LogP contribution in [0.4, 0.5) is 4.39 Å². The highest BCUT2D eigenvalue weighted by Crippen LogP contribution is 2.21. The highest BCUT2D eigenvalue weighted by Gasteiger charge is 2.18. The number of carbonyl (C=O) groups is 2. The van der Waals surface area contributed by atoms with Gasteiger partial charge < -0.3 is 10.6 Å². The normalized spacial score (nSPS) is 13.9. The fraction of sp³-hybridized carbons (Fsp3) is 0.261. The average Bonchev–Trinajstić information content (AvgIpc) is 3.46. The number of aromatic nitrogens is 2. The number of carbonyl (C=O) groups excluding carboxylic acids is 2. The summed E-state index contributed by atoms with van der Waals surface area (Å²) in [5.41, 5.74) is 2.69. The molecule has 1 heterocycles. The van der Waals surface area contributed by atoms with Gasteiger partial charge in [-0.2, -0.15) is 5.10 Å². The van der Waals surface area contributed by atoms with Crippen LogP contribution in [-0.4, -0.2) is 28.1 Å². The van der Waals surface area contributed by atoms with Crippen molar-refractivity contribution in [2.24, 2.45) is 0 Å². The first-order chi connectivity index (χ1) is 14.6. The van der Waals surface area contributed by atoms with Gasteiger partial charge in [-0.05, 0) is 48.2 Å². The first-order valence-corrected chi connectivity index (χ1v) is 10.1. The number of halogens is 1. The summed E-state index contributed by atoms with van der Waals surface area (Å²) in [6.45, 7) is 0.201. The highest BCUT2D eigenvalue weighted by atomic mass is 19.1. The van der Waals surface area contributed by atoms with Crippen LogP contribution < -0.4 is 10.6 Å². The summed E-state index contributed by atoms with van der Waals surface area (Å²) < 4.78 is 14.4. The first kappa shape index (κ1) is 19.8. The van der Waals surface area contributed by atoms with Gasteiger partial charge in [0.1, 0.15) is 5.82 Å². The van der Waals surface area contributed by atoms with Crippen LogP contribution in [0.25, 0.3) is 11.1 Å². The highest BCUT2D eigenvalue weighted by molar-refractivity contribution is 5.95. The fourth-order valence-corrected chi connectivity index (χ4v) is 3.73. The molecule has 0 aliphatic heterocycles. The van der Waals surface area contributed by atoms with Crippen molar-refractivity contribution in [1.29, 1.82) is 0 Å². The predicted molar refractivity (Wildman–Crippen MR) is 111 cm³/mol. The standard InChI is InChI=1S/C23H23FN4O2/c24-21-11-16(18-13-26-27-14-18)8-9-20(21)23(30)25-12-15-4-3-5-17(10-15)22(29)28-19-6-1-2-7-19/h3-5,8-11,13-14,19H,1-2,6-7,12H2,(H,25,30)(H,26,27)(H,28,29). The molecule has 0 unspecified atom stereocenters. The Morgan fingerprint density at radius 2 is 1.90 bits per heavy atom. The van der Waals surface area contributed by atoms with Crippen molar-refractivity contribution in [3.8, 4) is 11.1 Å². The number of amides is 2. The van der Waals surface area contributed by atoms with E-state index in [2.05, 4.69) is 20.8 Å². The molecule has 0 spiro atoms. The lowest BCUT2D eigenvalue weighted by Gasteiger charge is -2.13. The van der Waals surface area contributed by atoms with Crippen LogP contribution in [0.1, 0.15) is 52.0 Å². The summed E-state index contributed by atoms with van der Waals surface area (Å²) in [6.07, 6.45) is 7.58. The number of rotatable bonds is 6. The molecule has 1 aliphatic carbocycles. The van der Waals surface area contributed by atoms with E-state index in [1.165, 1.54) is 12.1 Å². The minimum absolute atomic E-state index is 0.0302. The Bertz CT molecular complexity index is 1040. The molecular weight excluding hydrogens is 383 g/mol.